The topological polar surface area (TPSA) is 41.1 Å². The zero-order valence-corrected chi connectivity index (χ0v) is 13.4. The first-order valence-corrected chi connectivity index (χ1v) is 7.85. The van der Waals surface area contributed by atoms with Crippen LogP contribution in [0.5, 0.6) is 0 Å². The van der Waals surface area contributed by atoms with E-state index in [2.05, 4.69) is 10.6 Å². The van der Waals surface area contributed by atoms with Crippen molar-refractivity contribution >= 4 is 35.8 Å². The second-order valence-electron chi connectivity index (χ2n) is 4.93. The van der Waals surface area contributed by atoms with Gasteiger partial charge in [0.05, 0.1) is 6.42 Å². The molecule has 1 atom stereocenters. The van der Waals surface area contributed by atoms with Crippen LogP contribution in [-0.2, 0) is 11.2 Å². The number of anilines is 1. The van der Waals surface area contributed by atoms with Gasteiger partial charge in [-0.1, -0.05) is 18.2 Å². The molecule has 0 saturated carbocycles. The van der Waals surface area contributed by atoms with Crippen LogP contribution in [0.1, 0.15) is 12.0 Å². The summed E-state index contributed by atoms with van der Waals surface area (Å²) in [6, 6.07) is 6.12. The van der Waals surface area contributed by atoms with Crippen molar-refractivity contribution in [3.8, 4) is 0 Å². The summed E-state index contributed by atoms with van der Waals surface area (Å²) < 4.78 is 37.5. The molecule has 1 aromatic rings. The van der Waals surface area contributed by atoms with Gasteiger partial charge in [-0.05, 0) is 11.6 Å². The monoisotopic (exact) mass is 354 g/mol. The van der Waals surface area contributed by atoms with Crippen LogP contribution in [0, 0.1) is 0 Å². The highest BCUT2D eigenvalue weighted by Gasteiger charge is 2.29. The molecular formula is C14H18ClF3N2OS. The highest BCUT2D eigenvalue weighted by atomic mass is 35.5. The predicted molar refractivity (Wildman–Crippen MR) is 85.8 cm³/mol. The third-order valence-corrected chi connectivity index (χ3v) is 4.24. The van der Waals surface area contributed by atoms with Crippen molar-refractivity contribution in [1.29, 1.82) is 0 Å². The Bertz CT molecular complexity index is 493. The summed E-state index contributed by atoms with van der Waals surface area (Å²) in [7, 11) is 0. The van der Waals surface area contributed by atoms with E-state index in [1.807, 2.05) is 0 Å². The number of thioether (sulfide) groups is 1. The second-order valence-corrected chi connectivity index (χ2v) is 6.08. The molecule has 2 rings (SSSR count). The fraction of sp³-hybridized carbons (Fsp3) is 0.500. The van der Waals surface area contributed by atoms with Crippen molar-refractivity contribution in [2.45, 2.75) is 25.1 Å². The Morgan fingerprint density at radius 2 is 2.09 bits per heavy atom. The SMILES string of the molecule is Cl.O=C(CC1CSCCN1)Nc1ccccc1CC(F)(F)F. The number of benzene rings is 1. The van der Waals surface area contributed by atoms with Crippen molar-refractivity contribution in [2.24, 2.45) is 0 Å². The van der Waals surface area contributed by atoms with Crippen LogP contribution in [0.15, 0.2) is 24.3 Å². The summed E-state index contributed by atoms with van der Waals surface area (Å²) in [6.45, 7) is 0.854. The van der Waals surface area contributed by atoms with Gasteiger partial charge in [0.15, 0.2) is 0 Å². The van der Waals surface area contributed by atoms with E-state index in [9.17, 15) is 18.0 Å². The van der Waals surface area contributed by atoms with Gasteiger partial charge < -0.3 is 10.6 Å². The minimum atomic E-state index is -4.29. The Hall–Kier alpha value is -0.920. The number of hydrogen-bond donors (Lipinski definition) is 2. The normalized spacial score (nSPS) is 18.4. The lowest BCUT2D eigenvalue weighted by Crippen LogP contribution is -2.40. The van der Waals surface area contributed by atoms with E-state index in [4.69, 9.17) is 0 Å². The van der Waals surface area contributed by atoms with Gasteiger partial charge in [0.2, 0.25) is 5.91 Å². The molecule has 1 aliphatic rings. The molecule has 1 amide bonds. The molecule has 1 aliphatic heterocycles. The average Bonchev–Trinajstić information content (AvgIpc) is 2.40. The number of rotatable bonds is 4. The van der Waals surface area contributed by atoms with E-state index in [0.717, 1.165) is 18.1 Å². The Balaban J connectivity index is 0.00000242. The lowest BCUT2D eigenvalue weighted by molar-refractivity contribution is -0.127. The summed E-state index contributed by atoms with van der Waals surface area (Å²) in [5.41, 5.74) is 0.326. The lowest BCUT2D eigenvalue weighted by Gasteiger charge is -2.22. The standard InChI is InChI=1S/C14H17F3N2OS.ClH/c15-14(16,17)8-10-3-1-2-4-12(10)19-13(20)7-11-9-21-6-5-18-11;/h1-4,11,18H,5-9H2,(H,19,20);1H. The summed E-state index contributed by atoms with van der Waals surface area (Å²) in [6.07, 6.45) is -5.06. The van der Waals surface area contributed by atoms with Crippen LogP contribution in [0.2, 0.25) is 0 Å². The third-order valence-electron chi connectivity index (χ3n) is 3.11. The molecule has 0 aromatic heterocycles. The summed E-state index contributed by atoms with van der Waals surface area (Å²) >= 11 is 1.77. The minimum absolute atomic E-state index is 0. The first-order valence-electron chi connectivity index (χ1n) is 6.70. The average molecular weight is 355 g/mol. The number of hydrogen-bond acceptors (Lipinski definition) is 3. The zero-order valence-electron chi connectivity index (χ0n) is 11.8. The number of amides is 1. The van der Waals surface area contributed by atoms with Crippen LogP contribution >= 0.6 is 24.2 Å². The Morgan fingerprint density at radius 1 is 1.36 bits per heavy atom. The number of carbonyl (C=O) groups is 1. The number of halogens is 4. The van der Waals surface area contributed by atoms with Crippen LogP contribution in [0.25, 0.3) is 0 Å². The van der Waals surface area contributed by atoms with Gasteiger partial charge in [-0.2, -0.15) is 24.9 Å². The molecule has 1 aromatic carbocycles. The largest absolute Gasteiger partial charge is 0.393 e. The Morgan fingerprint density at radius 3 is 2.73 bits per heavy atom. The fourth-order valence-electron chi connectivity index (χ4n) is 2.19. The van der Waals surface area contributed by atoms with Gasteiger partial charge >= 0.3 is 6.18 Å². The smallest absolute Gasteiger partial charge is 0.326 e. The highest BCUT2D eigenvalue weighted by molar-refractivity contribution is 7.99. The number of para-hydroxylation sites is 1. The molecule has 0 spiro atoms. The van der Waals surface area contributed by atoms with Crippen LogP contribution in [-0.4, -0.2) is 36.2 Å². The van der Waals surface area contributed by atoms with Crippen LogP contribution < -0.4 is 10.6 Å². The van der Waals surface area contributed by atoms with Gasteiger partial charge in [0.25, 0.3) is 0 Å². The molecule has 1 unspecified atom stereocenters. The van der Waals surface area contributed by atoms with E-state index in [1.165, 1.54) is 18.2 Å². The van der Waals surface area contributed by atoms with Crippen LogP contribution in [0.4, 0.5) is 18.9 Å². The number of nitrogens with one attached hydrogen (secondary N) is 2. The molecule has 1 saturated heterocycles. The van der Waals surface area contributed by atoms with Crippen molar-refractivity contribution in [1.82, 2.24) is 5.32 Å². The molecule has 124 valence electrons. The molecule has 0 aliphatic carbocycles. The highest BCUT2D eigenvalue weighted by Crippen LogP contribution is 2.26. The maximum Gasteiger partial charge on any atom is 0.393 e. The van der Waals surface area contributed by atoms with E-state index < -0.39 is 12.6 Å². The summed E-state index contributed by atoms with van der Waals surface area (Å²) in [5, 5.41) is 5.82. The second kappa shape index (κ2) is 8.64. The fourth-order valence-corrected chi connectivity index (χ4v) is 3.14. The summed E-state index contributed by atoms with van der Waals surface area (Å²) in [5.74, 6) is 1.61. The van der Waals surface area contributed by atoms with Gasteiger partial charge in [0, 0.05) is 36.2 Å². The zero-order chi connectivity index (χ0) is 15.3. The lowest BCUT2D eigenvalue weighted by atomic mass is 10.1. The number of carbonyl (C=O) groups excluding carboxylic acids is 1. The molecule has 1 heterocycles. The predicted octanol–water partition coefficient (Wildman–Crippen LogP) is 3.25. The Kier molecular flexibility index (Phi) is 7.52. The van der Waals surface area contributed by atoms with Crippen molar-refractivity contribution < 1.29 is 18.0 Å². The van der Waals surface area contributed by atoms with Crippen molar-refractivity contribution in [3.05, 3.63) is 29.8 Å². The van der Waals surface area contributed by atoms with Gasteiger partial charge in [-0.3, -0.25) is 4.79 Å². The van der Waals surface area contributed by atoms with Crippen molar-refractivity contribution in [3.63, 3.8) is 0 Å². The van der Waals surface area contributed by atoms with E-state index >= 15 is 0 Å². The summed E-state index contributed by atoms with van der Waals surface area (Å²) in [4.78, 5) is 12.0. The minimum Gasteiger partial charge on any atom is -0.326 e. The molecule has 1 fully saturated rings. The first kappa shape index (κ1) is 19.1. The van der Waals surface area contributed by atoms with Crippen LogP contribution in [0.3, 0.4) is 0 Å². The number of alkyl halides is 3. The first-order chi connectivity index (χ1) is 9.94. The molecule has 0 radical (unpaired) electrons. The maximum atomic E-state index is 12.5. The molecule has 2 N–H and O–H groups in total. The molecule has 3 nitrogen and oxygen atoms in total. The maximum absolute atomic E-state index is 12.5. The molecular weight excluding hydrogens is 337 g/mol. The quantitative estimate of drug-likeness (QED) is 0.872. The molecule has 0 bridgehead atoms. The van der Waals surface area contributed by atoms with E-state index in [-0.39, 0.29) is 42.0 Å². The van der Waals surface area contributed by atoms with E-state index in [1.54, 1.807) is 17.8 Å². The third kappa shape index (κ3) is 6.46. The van der Waals surface area contributed by atoms with Gasteiger partial charge in [-0.15, -0.1) is 12.4 Å². The van der Waals surface area contributed by atoms with Gasteiger partial charge in [-0.25, -0.2) is 0 Å². The van der Waals surface area contributed by atoms with E-state index in [0.29, 0.717) is 0 Å². The van der Waals surface area contributed by atoms with Gasteiger partial charge in [0.1, 0.15) is 0 Å². The molecule has 8 heteroatoms. The van der Waals surface area contributed by atoms with Crippen molar-refractivity contribution in [2.75, 3.05) is 23.4 Å². The Labute approximate surface area is 137 Å². The molecule has 22 heavy (non-hydrogen) atoms.